The van der Waals surface area contributed by atoms with Gasteiger partial charge in [0.25, 0.3) is 11.8 Å². The van der Waals surface area contributed by atoms with Gasteiger partial charge in [-0.15, -0.1) is 11.3 Å². The molecular formula is C17H17N3O5S. The van der Waals surface area contributed by atoms with Crippen molar-refractivity contribution in [2.24, 2.45) is 5.73 Å². The fourth-order valence-corrected chi connectivity index (χ4v) is 4.30. The van der Waals surface area contributed by atoms with Crippen LogP contribution in [-0.4, -0.2) is 23.3 Å². The number of hydrogen-bond donors (Lipinski definition) is 2. The van der Waals surface area contributed by atoms with E-state index in [-0.39, 0.29) is 23.6 Å². The van der Waals surface area contributed by atoms with Crippen LogP contribution in [0.1, 0.15) is 44.5 Å². The van der Waals surface area contributed by atoms with Gasteiger partial charge in [0.1, 0.15) is 5.00 Å². The number of benzene rings is 1. The summed E-state index contributed by atoms with van der Waals surface area (Å²) in [6, 6.07) is 3.99. The number of thiophene rings is 1. The summed E-state index contributed by atoms with van der Waals surface area (Å²) in [6.07, 6.45) is 2.57. The van der Waals surface area contributed by atoms with E-state index in [1.54, 1.807) is 6.92 Å². The maximum atomic E-state index is 12.5. The van der Waals surface area contributed by atoms with Gasteiger partial charge >= 0.3 is 5.69 Å². The highest BCUT2D eigenvalue weighted by Crippen LogP contribution is 2.39. The number of nitro benzene ring substituents is 1. The summed E-state index contributed by atoms with van der Waals surface area (Å²) in [4.78, 5) is 36.0. The second-order valence-electron chi connectivity index (χ2n) is 5.75. The number of aryl methyl sites for hydroxylation is 1. The number of rotatable bonds is 6. The van der Waals surface area contributed by atoms with E-state index in [1.807, 2.05) is 0 Å². The first-order valence-electron chi connectivity index (χ1n) is 8.09. The molecule has 9 heteroatoms. The predicted octanol–water partition coefficient (Wildman–Crippen LogP) is 2.89. The molecule has 1 aromatic carbocycles. The molecule has 0 saturated carbocycles. The van der Waals surface area contributed by atoms with Crippen LogP contribution in [-0.2, 0) is 12.8 Å². The lowest BCUT2D eigenvalue weighted by molar-refractivity contribution is -0.385. The zero-order valence-corrected chi connectivity index (χ0v) is 14.9. The van der Waals surface area contributed by atoms with Gasteiger partial charge in [0.05, 0.1) is 17.1 Å². The Labute approximate surface area is 153 Å². The van der Waals surface area contributed by atoms with Crippen LogP contribution < -0.4 is 15.8 Å². The van der Waals surface area contributed by atoms with E-state index >= 15 is 0 Å². The molecule has 26 heavy (non-hydrogen) atoms. The number of nitrogens with one attached hydrogen (secondary N) is 1. The van der Waals surface area contributed by atoms with Crippen molar-refractivity contribution in [3.05, 3.63) is 49.9 Å². The highest BCUT2D eigenvalue weighted by molar-refractivity contribution is 7.17. The summed E-state index contributed by atoms with van der Waals surface area (Å²) in [7, 11) is 0. The van der Waals surface area contributed by atoms with E-state index in [0.717, 1.165) is 35.8 Å². The summed E-state index contributed by atoms with van der Waals surface area (Å²) in [5, 5.41) is 14.3. The number of ether oxygens (including phenoxy) is 1. The van der Waals surface area contributed by atoms with E-state index in [4.69, 9.17) is 10.5 Å². The maximum Gasteiger partial charge on any atom is 0.311 e. The molecule has 0 atom stereocenters. The lowest BCUT2D eigenvalue weighted by Crippen LogP contribution is -2.18. The molecular weight excluding hydrogens is 358 g/mol. The van der Waals surface area contributed by atoms with Crippen molar-refractivity contribution in [3.63, 3.8) is 0 Å². The molecule has 8 nitrogen and oxygen atoms in total. The molecule has 3 N–H and O–H groups in total. The number of primary amides is 1. The predicted molar refractivity (Wildman–Crippen MR) is 97.1 cm³/mol. The highest BCUT2D eigenvalue weighted by atomic mass is 32.1. The van der Waals surface area contributed by atoms with Crippen LogP contribution in [0.2, 0.25) is 0 Å². The second kappa shape index (κ2) is 7.12. The Bertz CT molecular complexity index is 906. The van der Waals surface area contributed by atoms with Gasteiger partial charge in [0.15, 0.2) is 5.75 Å². The molecule has 0 saturated heterocycles. The molecule has 0 aliphatic heterocycles. The molecule has 0 unspecified atom stereocenters. The van der Waals surface area contributed by atoms with E-state index in [9.17, 15) is 19.7 Å². The topological polar surface area (TPSA) is 125 Å². The van der Waals surface area contributed by atoms with E-state index in [0.29, 0.717) is 10.6 Å². The minimum atomic E-state index is -0.601. The standard InChI is InChI=1S/C17H17N3O5S/c1-2-25-12-7-6-9(8-11(12)20(23)24)16(22)19-17-14(15(18)21)10-4-3-5-13(10)26-17/h6-8H,2-5H2,1H3,(H2,18,21)(H,19,22). The molecule has 0 bridgehead atoms. The number of fused-ring (bicyclic) bond motifs is 1. The lowest BCUT2D eigenvalue weighted by atomic mass is 10.1. The van der Waals surface area contributed by atoms with Crippen LogP contribution >= 0.6 is 11.3 Å². The molecule has 2 amide bonds. The van der Waals surface area contributed by atoms with Gasteiger partial charge in [-0.25, -0.2) is 0 Å². The summed E-state index contributed by atoms with van der Waals surface area (Å²) in [5.41, 5.74) is 6.53. The lowest BCUT2D eigenvalue weighted by Gasteiger charge is -2.08. The van der Waals surface area contributed by atoms with Gasteiger partial charge in [0.2, 0.25) is 0 Å². The number of amides is 2. The van der Waals surface area contributed by atoms with Crippen molar-refractivity contribution in [1.29, 1.82) is 0 Å². The van der Waals surface area contributed by atoms with Gasteiger partial charge < -0.3 is 15.8 Å². The first-order chi connectivity index (χ1) is 12.4. The Balaban J connectivity index is 1.91. The Hall–Kier alpha value is -2.94. The molecule has 0 spiro atoms. The Kier molecular flexibility index (Phi) is 4.90. The average Bonchev–Trinajstić information content (AvgIpc) is 3.15. The van der Waals surface area contributed by atoms with Gasteiger partial charge in [-0.05, 0) is 43.9 Å². The van der Waals surface area contributed by atoms with Crippen molar-refractivity contribution < 1.29 is 19.2 Å². The van der Waals surface area contributed by atoms with Crippen molar-refractivity contribution in [2.45, 2.75) is 26.2 Å². The van der Waals surface area contributed by atoms with Crippen molar-refractivity contribution in [2.75, 3.05) is 11.9 Å². The number of carbonyl (C=O) groups is 2. The molecule has 1 aliphatic carbocycles. The molecule has 0 fully saturated rings. The van der Waals surface area contributed by atoms with Gasteiger partial charge in [-0.1, -0.05) is 0 Å². The summed E-state index contributed by atoms with van der Waals surface area (Å²) >= 11 is 1.33. The van der Waals surface area contributed by atoms with Gasteiger partial charge in [-0.3, -0.25) is 19.7 Å². The van der Waals surface area contributed by atoms with Crippen LogP contribution in [0.5, 0.6) is 5.75 Å². The largest absolute Gasteiger partial charge is 0.487 e. The second-order valence-corrected chi connectivity index (χ2v) is 6.86. The van der Waals surface area contributed by atoms with Crippen LogP contribution in [0.15, 0.2) is 18.2 Å². The summed E-state index contributed by atoms with van der Waals surface area (Å²) in [6.45, 7) is 1.99. The zero-order chi connectivity index (χ0) is 18.8. The monoisotopic (exact) mass is 375 g/mol. The zero-order valence-electron chi connectivity index (χ0n) is 14.0. The Morgan fingerprint density at radius 1 is 1.38 bits per heavy atom. The van der Waals surface area contributed by atoms with Crippen molar-refractivity contribution >= 4 is 33.8 Å². The molecule has 1 heterocycles. The van der Waals surface area contributed by atoms with Gasteiger partial charge in [0, 0.05) is 16.5 Å². The first-order valence-corrected chi connectivity index (χ1v) is 8.91. The molecule has 3 rings (SSSR count). The fourth-order valence-electron chi connectivity index (χ4n) is 3.01. The van der Waals surface area contributed by atoms with E-state index in [1.165, 1.54) is 23.5 Å². The number of anilines is 1. The quantitative estimate of drug-likeness (QED) is 0.593. The molecule has 2 aromatic rings. The Morgan fingerprint density at radius 2 is 2.15 bits per heavy atom. The number of nitrogens with two attached hydrogens (primary N) is 1. The smallest absolute Gasteiger partial charge is 0.311 e. The molecule has 1 aromatic heterocycles. The van der Waals surface area contributed by atoms with Crippen molar-refractivity contribution in [1.82, 2.24) is 0 Å². The van der Waals surface area contributed by atoms with Crippen molar-refractivity contribution in [3.8, 4) is 5.75 Å². The average molecular weight is 375 g/mol. The van der Waals surface area contributed by atoms with E-state index in [2.05, 4.69) is 5.32 Å². The van der Waals surface area contributed by atoms with Crippen LogP contribution in [0.3, 0.4) is 0 Å². The third-order valence-corrected chi connectivity index (χ3v) is 5.32. The summed E-state index contributed by atoms with van der Waals surface area (Å²) < 4.78 is 5.21. The maximum absolute atomic E-state index is 12.5. The highest BCUT2D eigenvalue weighted by Gasteiger charge is 2.27. The third-order valence-electron chi connectivity index (χ3n) is 4.11. The van der Waals surface area contributed by atoms with Gasteiger partial charge in [-0.2, -0.15) is 0 Å². The minimum absolute atomic E-state index is 0.0991. The third kappa shape index (κ3) is 3.25. The van der Waals surface area contributed by atoms with Crippen LogP contribution in [0, 0.1) is 10.1 Å². The normalized spacial score (nSPS) is 12.5. The number of nitro groups is 1. The fraction of sp³-hybridized carbons (Fsp3) is 0.294. The first kappa shape index (κ1) is 17.9. The Morgan fingerprint density at radius 3 is 2.81 bits per heavy atom. The number of hydrogen-bond acceptors (Lipinski definition) is 6. The molecule has 1 aliphatic rings. The number of nitrogens with zero attached hydrogens (tertiary/aromatic N) is 1. The minimum Gasteiger partial charge on any atom is -0.487 e. The SMILES string of the molecule is CCOc1ccc(C(=O)Nc2sc3c(c2C(N)=O)CCC3)cc1[N+](=O)[O-]. The summed E-state index contributed by atoms with van der Waals surface area (Å²) in [5.74, 6) is -1.03. The van der Waals surface area contributed by atoms with Crippen LogP contribution in [0.4, 0.5) is 10.7 Å². The molecule has 0 radical (unpaired) electrons. The number of carbonyl (C=O) groups excluding carboxylic acids is 2. The van der Waals surface area contributed by atoms with E-state index < -0.39 is 16.7 Å². The molecule has 136 valence electrons. The van der Waals surface area contributed by atoms with Crippen LogP contribution in [0.25, 0.3) is 0 Å².